The van der Waals surface area contributed by atoms with E-state index in [1.54, 1.807) is 19.2 Å². The highest BCUT2D eigenvalue weighted by molar-refractivity contribution is 9.10. The summed E-state index contributed by atoms with van der Waals surface area (Å²) in [5.41, 5.74) is 1.76. The van der Waals surface area contributed by atoms with Gasteiger partial charge in [0.15, 0.2) is 11.5 Å². The molecule has 6 heteroatoms. The van der Waals surface area contributed by atoms with Gasteiger partial charge in [-0.2, -0.15) is 0 Å². The van der Waals surface area contributed by atoms with E-state index in [-0.39, 0.29) is 6.61 Å². The molecular formula is C19H22BrCl2NO2. The molecule has 1 atom stereocenters. The van der Waals surface area contributed by atoms with Crippen molar-refractivity contribution in [3.63, 3.8) is 0 Å². The van der Waals surface area contributed by atoms with E-state index >= 15 is 0 Å². The van der Waals surface area contributed by atoms with Gasteiger partial charge >= 0.3 is 0 Å². The molecule has 0 spiro atoms. The Morgan fingerprint density at radius 2 is 1.80 bits per heavy atom. The monoisotopic (exact) mass is 445 g/mol. The highest BCUT2D eigenvalue weighted by Gasteiger charge is 2.16. The number of benzene rings is 2. The molecule has 3 nitrogen and oxygen atoms in total. The number of nitrogens with one attached hydrogen (secondary N) is 1. The van der Waals surface area contributed by atoms with Crippen molar-refractivity contribution in [1.82, 2.24) is 5.32 Å². The van der Waals surface area contributed by atoms with Crippen LogP contribution in [0.15, 0.2) is 34.8 Å². The lowest BCUT2D eigenvalue weighted by Gasteiger charge is -2.19. The second-order valence-electron chi connectivity index (χ2n) is 5.74. The fourth-order valence-electron chi connectivity index (χ4n) is 2.30. The Morgan fingerprint density at radius 3 is 2.40 bits per heavy atom. The molecule has 1 N–H and O–H groups in total. The van der Waals surface area contributed by atoms with Gasteiger partial charge in [-0.1, -0.05) is 52.1 Å². The predicted octanol–water partition coefficient (Wildman–Crippen LogP) is 6.23. The summed E-state index contributed by atoms with van der Waals surface area (Å²) in [6.45, 7) is 5.23. The Morgan fingerprint density at radius 1 is 1.12 bits per heavy atom. The Balaban J connectivity index is 2.29. The first-order chi connectivity index (χ1) is 12.0. The number of rotatable bonds is 8. The average molecular weight is 447 g/mol. The van der Waals surface area contributed by atoms with Crippen molar-refractivity contribution in [2.24, 2.45) is 0 Å². The van der Waals surface area contributed by atoms with Crippen LogP contribution in [0, 0.1) is 0 Å². The molecule has 0 heterocycles. The first kappa shape index (κ1) is 20.4. The van der Waals surface area contributed by atoms with Crippen LogP contribution in [0.25, 0.3) is 0 Å². The largest absolute Gasteiger partial charge is 0.493 e. The van der Waals surface area contributed by atoms with Crippen LogP contribution in [0.5, 0.6) is 11.5 Å². The summed E-state index contributed by atoms with van der Waals surface area (Å²) < 4.78 is 12.5. The van der Waals surface area contributed by atoms with E-state index in [0.717, 1.165) is 22.0 Å². The van der Waals surface area contributed by atoms with Crippen LogP contribution in [0.3, 0.4) is 0 Å². The van der Waals surface area contributed by atoms with E-state index in [1.165, 1.54) is 0 Å². The van der Waals surface area contributed by atoms with Crippen LogP contribution < -0.4 is 14.8 Å². The van der Waals surface area contributed by atoms with E-state index in [2.05, 4.69) is 35.1 Å². The SMILES string of the molecule is CCC(C)NCc1c(Br)ccc(OC)c1OCc1c(Cl)cccc1Cl. The first-order valence-electron chi connectivity index (χ1n) is 8.12. The molecule has 25 heavy (non-hydrogen) atoms. The summed E-state index contributed by atoms with van der Waals surface area (Å²) in [4.78, 5) is 0. The Labute approximate surface area is 167 Å². The summed E-state index contributed by atoms with van der Waals surface area (Å²) in [5.74, 6) is 1.36. The van der Waals surface area contributed by atoms with Gasteiger partial charge in [0.1, 0.15) is 6.61 Å². The first-order valence-corrected chi connectivity index (χ1v) is 9.67. The number of ether oxygens (including phenoxy) is 2. The minimum absolute atomic E-state index is 0.266. The lowest BCUT2D eigenvalue weighted by Crippen LogP contribution is -2.25. The minimum atomic E-state index is 0.266. The Hall–Kier alpha value is -0.940. The van der Waals surface area contributed by atoms with Gasteiger partial charge in [-0.05, 0) is 37.6 Å². The summed E-state index contributed by atoms with van der Waals surface area (Å²) in [5, 5.41) is 4.65. The van der Waals surface area contributed by atoms with Gasteiger partial charge in [-0.25, -0.2) is 0 Å². The van der Waals surface area contributed by atoms with Crippen molar-refractivity contribution in [2.45, 2.75) is 39.5 Å². The molecule has 0 amide bonds. The van der Waals surface area contributed by atoms with Crippen LogP contribution in [0.4, 0.5) is 0 Å². The van der Waals surface area contributed by atoms with E-state index in [1.807, 2.05) is 18.2 Å². The van der Waals surface area contributed by atoms with Gasteiger partial charge in [0.25, 0.3) is 0 Å². The predicted molar refractivity (Wildman–Crippen MR) is 108 cm³/mol. The molecule has 0 fully saturated rings. The summed E-state index contributed by atoms with van der Waals surface area (Å²) in [7, 11) is 1.63. The highest BCUT2D eigenvalue weighted by Crippen LogP contribution is 2.37. The molecule has 2 rings (SSSR count). The molecule has 0 saturated heterocycles. The Bertz CT molecular complexity index is 705. The molecule has 0 bridgehead atoms. The molecule has 0 aliphatic rings. The number of halogens is 3. The molecule has 136 valence electrons. The van der Waals surface area contributed by atoms with Gasteiger partial charge < -0.3 is 14.8 Å². The van der Waals surface area contributed by atoms with Gasteiger partial charge in [-0.15, -0.1) is 0 Å². The fourth-order valence-corrected chi connectivity index (χ4v) is 3.26. The van der Waals surface area contributed by atoms with Crippen LogP contribution in [0.1, 0.15) is 31.4 Å². The summed E-state index contributed by atoms with van der Waals surface area (Å²) >= 11 is 16.1. The maximum Gasteiger partial charge on any atom is 0.167 e. The molecule has 2 aromatic rings. The zero-order chi connectivity index (χ0) is 18.4. The average Bonchev–Trinajstić information content (AvgIpc) is 2.60. The van der Waals surface area contributed by atoms with Crippen molar-refractivity contribution >= 4 is 39.1 Å². The molecule has 0 saturated carbocycles. The van der Waals surface area contributed by atoms with Crippen LogP contribution in [-0.2, 0) is 13.2 Å². The third kappa shape index (κ3) is 5.27. The van der Waals surface area contributed by atoms with E-state index in [0.29, 0.717) is 34.1 Å². The third-order valence-corrected chi connectivity index (χ3v) is 5.50. The van der Waals surface area contributed by atoms with Gasteiger partial charge in [0, 0.05) is 38.2 Å². The number of hydrogen-bond donors (Lipinski definition) is 1. The third-order valence-electron chi connectivity index (χ3n) is 4.05. The molecule has 0 aliphatic carbocycles. The van der Waals surface area contributed by atoms with E-state index in [4.69, 9.17) is 32.7 Å². The summed E-state index contributed by atoms with van der Waals surface area (Å²) in [6.07, 6.45) is 1.05. The van der Waals surface area contributed by atoms with Crippen LogP contribution in [-0.4, -0.2) is 13.2 Å². The topological polar surface area (TPSA) is 30.5 Å². The smallest absolute Gasteiger partial charge is 0.167 e. The van der Waals surface area contributed by atoms with Crippen molar-refractivity contribution < 1.29 is 9.47 Å². The van der Waals surface area contributed by atoms with E-state index in [9.17, 15) is 0 Å². The number of hydrogen-bond acceptors (Lipinski definition) is 3. The van der Waals surface area contributed by atoms with Crippen molar-refractivity contribution in [2.75, 3.05) is 7.11 Å². The summed E-state index contributed by atoms with van der Waals surface area (Å²) in [6, 6.07) is 9.66. The van der Waals surface area contributed by atoms with Crippen LogP contribution >= 0.6 is 39.1 Å². The molecule has 0 aromatic heterocycles. The maximum absolute atomic E-state index is 6.24. The Kier molecular flexibility index (Phi) is 7.88. The normalized spacial score (nSPS) is 12.1. The van der Waals surface area contributed by atoms with Gasteiger partial charge in [0.2, 0.25) is 0 Å². The number of methoxy groups -OCH3 is 1. The quantitative estimate of drug-likeness (QED) is 0.521. The molecule has 0 aliphatic heterocycles. The van der Waals surface area contributed by atoms with Crippen LogP contribution in [0.2, 0.25) is 10.0 Å². The highest BCUT2D eigenvalue weighted by atomic mass is 79.9. The zero-order valence-electron chi connectivity index (χ0n) is 14.5. The van der Waals surface area contributed by atoms with Crippen molar-refractivity contribution in [1.29, 1.82) is 0 Å². The van der Waals surface area contributed by atoms with Crippen molar-refractivity contribution in [3.8, 4) is 11.5 Å². The maximum atomic E-state index is 6.24. The second-order valence-corrected chi connectivity index (χ2v) is 7.41. The fraction of sp³-hybridized carbons (Fsp3) is 0.368. The van der Waals surface area contributed by atoms with Gasteiger partial charge in [-0.3, -0.25) is 0 Å². The molecule has 1 unspecified atom stereocenters. The lowest BCUT2D eigenvalue weighted by atomic mass is 10.1. The molecule has 2 aromatic carbocycles. The van der Waals surface area contributed by atoms with E-state index < -0.39 is 0 Å². The zero-order valence-corrected chi connectivity index (χ0v) is 17.6. The van der Waals surface area contributed by atoms with Gasteiger partial charge in [0.05, 0.1) is 7.11 Å². The minimum Gasteiger partial charge on any atom is -0.493 e. The lowest BCUT2D eigenvalue weighted by molar-refractivity contribution is 0.280. The molecular weight excluding hydrogens is 425 g/mol. The van der Waals surface area contributed by atoms with Crippen molar-refractivity contribution in [3.05, 3.63) is 56.0 Å². The second kappa shape index (κ2) is 9.67. The standard InChI is InChI=1S/C19H22BrCl2NO2/c1-4-12(2)23-10-13-15(20)8-9-18(24-3)19(13)25-11-14-16(21)6-5-7-17(14)22/h5-9,12,23H,4,10-11H2,1-3H3. The molecule has 0 radical (unpaired) electrons.